The van der Waals surface area contributed by atoms with Crippen LogP contribution in [0.5, 0.6) is 5.75 Å². The van der Waals surface area contributed by atoms with Gasteiger partial charge in [-0.05, 0) is 23.3 Å². The molecule has 0 aliphatic heterocycles. The van der Waals surface area contributed by atoms with Crippen LogP contribution in [-0.2, 0) is 4.79 Å². The molecule has 1 amide bonds. The number of phenols is 1. The van der Waals surface area contributed by atoms with Crippen LogP contribution in [0.4, 0.5) is 5.69 Å². The minimum Gasteiger partial charge on any atom is -0.508 e. The zero-order chi connectivity index (χ0) is 19.8. The second kappa shape index (κ2) is 9.06. The number of hydrogen-bond acceptors (Lipinski definition) is 4. The lowest BCUT2D eigenvalue weighted by Crippen LogP contribution is -2.30. The van der Waals surface area contributed by atoms with E-state index in [-0.39, 0.29) is 17.4 Å². The van der Waals surface area contributed by atoms with Gasteiger partial charge in [-0.2, -0.15) is 5.26 Å². The zero-order valence-electron chi connectivity index (χ0n) is 15.0. The number of hydrogen-bond donors (Lipinski definition) is 3. The molecule has 0 fully saturated rings. The predicted octanol–water partition coefficient (Wildman–Crippen LogP) is 4.12. The molecule has 0 saturated heterocycles. The van der Waals surface area contributed by atoms with Gasteiger partial charge < -0.3 is 15.7 Å². The van der Waals surface area contributed by atoms with E-state index >= 15 is 0 Å². The summed E-state index contributed by atoms with van der Waals surface area (Å²) in [6, 6.07) is 27.1. The molecule has 3 aromatic rings. The second-order valence-electron chi connectivity index (χ2n) is 6.09. The summed E-state index contributed by atoms with van der Waals surface area (Å²) in [5.41, 5.74) is 2.34. The lowest BCUT2D eigenvalue weighted by molar-refractivity contribution is -0.117. The van der Waals surface area contributed by atoms with Crippen molar-refractivity contribution >= 4 is 11.6 Å². The van der Waals surface area contributed by atoms with Crippen LogP contribution in [-0.4, -0.2) is 11.0 Å². The minimum atomic E-state index is -0.493. The molecule has 0 unspecified atom stereocenters. The highest BCUT2D eigenvalue weighted by molar-refractivity contribution is 5.98. The number of nitrogens with one attached hydrogen (secondary N) is 2. The SMILES string of the molecule is N#C/C(=C/Nc1cccc(O)c1)C(=O)NC(c1ccccc1)c1ccccc1. The third kappa shape index (κ3) is 4.77. The Balaban J connectivity index is 1.82. The van der Waals surface area contributed by atoms with Crippen molar-refractivity contribution in [1.29, 1.82) is 5.26 Å². The fourth-order valence-electron chi connectivity index (χ4n) is 2.76. The van der Waals surface area contributed by atoms with Crippen molar-refractivity contribution in [3.63, 3.8) is 0 Å². The molecule has 0 bridgehead atoms. The van der Waals surface area contributed by atoms with Crippen molar-refractivity contribution in [1.82, 2.24) is 5.32 Å². The average molecular weight is 369 g/mol. The molecule has 0 aliphatic carbocycles. The lowest BCUT2D eigenvalue weighted by Gasteiger charge is -2.19. The van der Waals surface area contributed by atoms with Crippen molar-refractivity contribution in [3.8, 4) is 11.8 Å². The first-order chi connectivity index (χ1) is 13.7. The Morgan fingerprint density at radius 3 is 2.07 bits per heavy atom. The highest BCUT2D eigenvalue weighted by Crippen LogP contribution is 2.22. The van der Waals surface area contributed by atoms with E-state index < -0.39 is 5.91 Å². The van der Waals surface area contributed by atoms with E-state index in [1.54, 1.807) is 12.1 Å². The van der Waals surface area contributed by atoms with E-state index in [0.717, 1.165) is 11.1 Å². The standard InChI is InChI=1S/C23H19N3O2/c24-15-19(16-25-20-12-7-13-21(27)14-20)23(28)26-22(17-8-3-1-4-9-17)18-10-5-2-6-11-18/h1-14,16,22,25,27H,(H,26,28)/b19-16-. The average Bonchev–Trinajstić information content (AvgIpc) is 2.74. The van der Waals surface area contributed by atoms with Crippen LogP contribution < -0.4 is 10.6 Å². The summed E-state index contributed by atoms with van der Waals surface area (Å²) >= 11 is 0. The number of amides is 1. The topological polar surface area (TPSA) is 85.2 Å². The number of phenolic OH excluding ortho intramolecular Hbond substituents is 1. The van der Waals surface area contributed by atoms with Gasteiger partial charge in [0.05, 0.1) is 6.04 Å². The normalized spacial score (nSPS) is 10.9. The molecule has 0 atom stereocenters. The molecular formula is C23H19N3O2. The van der Waals surface area contributed by atoms with Gasteiger partial charge in [-0.25, -0.2) is 0 Å². The van der Waals surface area contributed by atoms with E-state index in [2.05, 4.69) is 10.6 Å². The number of benzene rings is 3. The molecular weight excluding hydrogens is 350 g/mol. The number of carbonyl (C=O) groups is 1. The Labute approximate surface area is 163 Å². The maximum atomic E-state index is 12.7. The Bertz CT molecular complexity index is 969. The Morgan fingerprint density at radius 2 is 1.54 bits per heavy atom. The minimum absolute atomic E-state index is 0.0693. The molecule has 0 heterocycles. The first-order valence-electron chi connectivity index (χ1n) is 8.74. The Hall–Kier alpha value is -4.04. The molecule has 0 aromatic heterocycles. The van der Waals surface area contributed by atoms with Gasteiger partial charge in [0.2, 0.25) is 0 Å². The van der Waals surface area contributed by atoms with Crippen LogP contribution in [0.1, 0.15) is 17.2 Å². The third-order valence-corrected chi connectivity index (χ3v) is 4.14. The first kappa shape index (κ1) is 18.7. The van der Waals surface area contributed by atoms with Crippen LogP contribution in [0.25, 0.3) is 0 Å². The van der Waals surface area contributed by atoms with Crippen molar-refractivity contribution < 1.29 is 9.90 Å². The van der Waals surface area contributed by atoms with Crippen molar-refractivity contribution in [2.75, 3.05) is 5.32 Å². The van der Waals surface area contributed by atoms with Gasteiger partial charge >= 0.3 is 0 Å². The Kier molecular flexibility index (Phi) is 6.06. The number of anilines is 1. The first-order valence-corrected chi connectivity index (χ1v) is 8.74. The summed E-state index contributed by atoms with van der Waals surface area (Å²) in [6.07, 6.45) is 1.33. The summed E-state index contributed by atoms with van der Waals surface area (Å²) < 4.78 is 0. The highest BCUT2D eigenvalue weighted by Gasteiger charge is 2.19. The van der Waals surface area contributed by atoms with Gasteiger partial charge in [0.25, 0.3) is 5.91 Å². The molecule has 3 rings (SSSR count). The maximum absolute atomic E-state index is 12.7. The summed E-state index contributed by atoms with van der Waals surface area (Å²) in [4.78, 5) is 12.7. The van der Waals surface area contributed by atoms with Crippen LogP contribution >= 0.6 is 0 Å². The van der Waals surface area contributed by atoms with E-state index in [0.29, 0.717) is 5.69 Å². The van der Waals surface area contributed by atoms with Crippen LogP contribution in [0.3, 0.4) is 0 Å². The van der Waals surface area contributed by atoms with Gasteiger partial charge in [-0.3, -0.25) is 4.79 Å². The van der Waals surface area contributed by atoms with Gasteiger partial charge in [0.15, 0.2) is 0 Å². The van der Waals surface area contributed by atoms with Gasteiger partial charge in [0, 0.05) is 18.0 Å². The molecule has 138 valence electrons. The third-order valence-electron chi connectivity index (χ3n) is 4.14. The lowest BCUT2D eigenvalue weighted by atomic mass is 9.98. The Morgan fingerprint density at radius 1 is 0.929 bits per heavy atom. The number of nitrogens with zero attached hydrogens (tertiary/aromatic N) is 1. The second-order valence-corrected chi connectivity index (χ2v) is 6.09. The predicted molar refractivity (Wildman–Crippen MR) is 108 cm³/mol. The molecule has 3 N–H and O–H groups in total. The monoisotopic (exact) mass is 369 g/mol. The molecule has 5 heteroatoms. The molecule has 0 spiro atoms. The van der Waals surface area contributed by atoms with E-state index in [4.69, 9.17) is 0 Å². The van der Waals surface area contributed by atoms with E-state index in [9.17, 15) is 15.2 Å². The molecule has 3 aromatic carbocycles. The van der Waals surface area contributed by atoms with Crippen molar-refractivity contribution in [2.45, 2.75) is 6.04 Å². The van der Waals surface area contributed by atoms with E-state index in [1.807, 2.05) is 66.7 Å². The number of rotatable bonds is 6. The summed E-state index contributed by atoms with van der Waals surface area (Å²) in [6.45, 7) is 0. The van der Waals surface area contributed by atoms with Crippen molar-refractivity contribution in [3.05, 3.63) is 108 Å². The fourth-order valence-corrected chi connectivity index (χ4v) is 2.76. The number of aromatic hydroxyl groups is 1. The number of nitriles is 1. The maximum Gasteiger partial charge on any atom is 0.264 e. The molecule has 0 saturated carbocycles. The smallest absolute Gasteiger partial charge is 0.264 e. The highest BCUT2D eigenvalue weighted by atomic mass is 16.3. The van der Waals surface area contributed by atoms with Gasteiger partial charge in [-0.1, -0.05) is 66.7 Å². The number of carbonyl (C=O) groups excluding carboxylic acids is 1. The fraction of sp³-hybridized carbons (Fsp3) is 0.0435. The summed E-state index contributed by atoms with van der Waals surface area (Å²) in [5.74, 6) is -0.401. The van der Waals surface area contributed by atoms with Crippen LogP contribution in [0, 0.1) is 11.3 Å². The molecule has 0 aliphatic rings. The van der Waals surface area contributed by atoms with Crippen molar-refractivity contribution in [2.24, 2.45) is 0 Å². The molecule has 5 nitrogen and oxygen atoms in total. The zero-order valence-corrected chi connectivity index (χ0v) is 15.0. The molecule has 0 radical (unpaired) electrons. The van der Waals surface area contributed by atoms with Gasteiger partial charge in [-0.15, -0.1) is 0 Å². The summed E-state index contributed by atoms with van der Waals surface area (Å²) in [7, 11) is 0. The van der Waals surface area contributed by atoms with Gasteiger partial charge in [0.1, 0.15) is 17.4 Å². The van der Waals surface area contributed by atoms with Crippen LogP contribution in [0.15, 0.2) is 96.7 Å². The largest absolute Gasteiger partial charge is 0.508 e. The summed E-state index contributed by atoms with van der Waals surface area (Å²) in [5, 5.41) is 24.7. The van der Waals surface area contributed by atoms with E-state index in [1.165, 1.54) is 18.3 Å². The molecule has 28 heavy (non-hydrogen) atoms. The van der Waals surface area contributed by atoms with Crippen LogP contribution in [0.2, 0.25) is 0 Å². The quantitative estimate of drug-likeness (QED) is 0.451.